The molecule has 13 N–H and O–H groups in total. The Balaban J connectivity index is 0.000000165. The van der Waals surface area contributed by atoms with E-state index in [1.54, 1.807) is 75.2 Å². The monoisotopic (exact) mass is 2020 g/mol. The van der Waals surface area contributed by atoms with Gasteiger partial charge in [0.1, 0.15) is 82.5 Å². The van der Waals surface area contributed by atoms with E-state index in [0.717, 1.165) is 49.7 Å². The standard InChI is InChI=1S/C17H15ClF4N6O.2C17H16ClF3N6O.C17H17ClF2N6O.C17H18ClFN6O/c1-8(16(29)28(2)7-17(20,21)22)26-15-12(19)6-25-14(27-15)11-5-24-13-10(11)3-9(18)4-23-13;1-17(2,16(28)25-7-12(20)21)27-15-11(19)6-24-14(26-15)10-5-23-13-9(10)3-8(18)4-22-13;1-9(16(28)27(2)8-17(19,20)21)25-13-3-4-22-15(26-13)12-7-24-14-11(12)5-10(18)6-23-14;1-17(2,16(27)21-4-3-19)26-15-12(20)8-24-14(25-15)11-7-23-13-10(11)5-9(18)6-22-13;1-4-20-16(26)17(2,3)25-15-12(19)8-23-14(24-15)11-7-22-13-10(11)5-9(18)6-21-13/h3-6,8H,7H2,1-2H3,(H,23,24)(H,25,26,27);3-6,12H,7H2,1-2H3,(H,22,23)(H,25,28)(H,24,26,27);3-7,9H,8H2,1-2H3,(H,23,24)(H,22,25,26);5-8H,3-4H2,1-2H3,(H,21,27)(H,22,23)(H,24,25,26);5-8H,4H2,1-3H3,(H,20,26)(H,21,22)(H,23,24,25)/t8-;;9-;;/m1.1../s1. The molecule has 0 aliphatic carbocycles. The fraction of sp³-hybridized carbons (Fsp3) is 0.294. The minimum atomic E-state index is -4.54. The third kappa shape index (κ3) is 26.9. The first-order valence-corrected chi connectivity index (χ1v) is 42.7. The number of aromatic nitrogens is 20. The molecule has 5 amide bonds. The number of nitrogens with zero attached hydrogens (tertiary/aromatic N) is 17. The van der Waals surface area contributed by atoms with E-state index >= 15 is 0 Å². The molecular weight excluding hydrogens is 1950 g/mol. The van der Waals surface area contributed by atoms with Crippen LogP contribution in [0.15, 0.2) is 129 Å². The van der Waals surface area contributed by atoms with Gasteiger partial charge in [-0.1, -0.05) is 58.0 Å². The fourth-order valence-electron chi connectivity index (χ4n) is 12.9. The Hall–Kier alpha value is -14.3. The summed E-state index contributed by atoms with van der Waals surface area (Å²) in [5.74, 6) is -5.39. The van der Waals surface area contributed by atoms with E-state index in [9.17, 15) is 81.0 Å². The third-order valence-corrected chi connectivity index (χ3v) is 20.5. The highest BCUT2D eigenvalue weighted by Gasteiger charge is 2.37. The smallest absolute Gasteiger partial charge is 0.359 e. The molecule has 35 nitrogen and oxygen atoms in total. The maximum absolute atomic E-state index is 14.2. The summed E-state index contributed by atoms with van der Waals surface area (Å²) < 4.78 is 169. The van der Waals surface area contributed by atoms with E-state index in [0.29, 0.717) is 125 Å². The number of nitrogens with one attached hydrogen (secondary N) is 13. The summed E-state index contributed by atoms with van der Waals surface area (Å²) in [5, 5.41) is 26.3. The van der Waals surface area contributed by atoms with Gasteiger partial charge in [-0.25, -0.2) is 105 Å². The maximum Gasteiger partial charge on any atom is 0.406 e. The summed E-state index contributed by atoms with van der Waals surface area (Å²) in [5.41, 5.74) is 2.12. The Morgan fingerprint density at radius 1 is 0.399 bits per heavy atom. The van der Waals surface area contributed by atoms with Crippen LogP contribution in [-0.2, 0) is 24.0 Å². The number of hydrogen-bond acceptors (Lipinski definition) is 25. The third-order valence-electron chi connectivity index (χ3n) is 19.5. The Kier molecular flexibility index (Phi) is 33.4. The first kappa shape index (κ1) is 104. The molecule has 15 heterocycles. The van der Waals surface area contributed by atoms with Crippen LogP contribution in [0.25, 0.3) is 112 Å². The van der Waals surface area contributed by atoms with Gasteiger partial charge in [0.2, 0.25) is 29.5 Å². The lowest BCUT2D eigenvalue weighted by atomic mass is 10.0. The van der Waals surface area contributed by atoms with Crippen LogP contribution in [0.5, 0.6) is 0 Å². The SMILES string of the molecule is CC(C)(Nc1nc(-c2c[nH]c3ncc(Cl)cc23)ncc1F)C(=O)NCC(F)F.CC(C)(Nc1nc(-c2c[nH]c3ncc(Cl)cc23)ncc1F)C(=O)NCCF.CCNC(=O)C(C)(C)Nc1nc(-c2c[nH]c3ncc(Cl)cc23)ncc1F.C[C@@H](Nc1ccnc(-c2c[nH]c3ncc(Cl)cc23)n1)C(=O)N(C)CC(F)(F)F.C[C@@H](Nc1nc(-c2c[nH]c3ncc(Cl)cc23)ncc1F)C(=O)N(C)CC(F)(F)F. The van der Waals surface area contributed by atoms with Crippen molar-refractivity contribution in [2.45, 2.75) is 110 Å². The van der Waals surface area contributed by atoms with Crippen molar-refractivity contribution in [2.75, 3.05) is 80.1 Å². The van der Waals surface area contributed by atoms with Crippen molar-refractivity contribution < 1.29 is 81.0 Å². The van der Waals surface area contributed by atoms with Crippen molar-refractivity contribution >= 4 is 172 Å². The summed E-state index contributed by atoms with van der Waals surface area (Å²) in [6.45, 7) is 9.93. The number of alkyl halides is 9. The van der Waals surface area contributed by atoms with E-state index in [-0.39, 0.29) is 59.0 Å². The van der Waals surface area contributed by atoms with Crippen LogP contribution in [0.3, 0.4) is 0 Å². The topological polar surface area (TPSA) is 460 Å². The second-order valence-electron chi connectivity index (χ2n) is 31.6. The van der Waals surface area contributed by atoms with Crippen LogP contribution in [0.2, 0.25) is 25.1 Å². The lowest BCUT2D eigenvalue weighted by molar-refractivity contribution is -0.158. The zero-order valence-corrected chi connectivity index (χ0v) is 77.8. The fourth-order valence-corrected chi connectivity index (χ4v) is 13.6. The molecule has 15 aromatic rings. The molecule has 0 unspecified atom stereocenters. The van der Waals surface area contributed by atoms with E-state index < -0.39 is 121 Å². The average molecular weight is 2030 g/mol. The number of fused-ring (bicyclic) bond motifs is 5. The molecule has 0 saturated heterocycles. The summed E-state index contributed by atoms with van der Waals surface area (Å²) in [7, 11) is 2.11. The van der Waals surface area contributed by atoms with Crippen LogP contribution in [0.1, 0.15) is 62.3 Å². The van der Waals surface area contributed by atoms with Crippen molar-refractivity contribution in [3.63, 3.8) is 0 Å². The zero-order valence-electron chi connectivity index (χ0n) is 74.0. The number of pyridine rings is 5. The summed E-state index contributed by atoms with van der Waals surface area (Å²) in [6, 6.07) is 7.91. The number of aromatic amines is 5. The van der Waals surface area contributed by atoms with Gasteiger partial charge < -0.3 is 77.3 Å². The van der Waals surface area contributed by atoms with Gasteiger partial charge in [-0.3, -0.25) is 24.0 Å². The molecule has 0 saturated carbocycles. The van der Waals surface area contributed by atoms with Gasteiger partial charge in [0.15, 0.2) is 75.7 Å². The van der Waals surface area contributed by atoms with Crippen molar-refractivity contribution in [1.29, 1.82) is 0 Å². The Morgan fingerprint density at radius 3 is 0.978 bits per heavy atom. The number of halogens is 18. The highest BCUT2D eigenvalue weighted by atomic mass is 35.5. The molecular formula is C85H82Cl5F13N30O5. The summed E-state index contributed by atoms with van der Waals surface area (Å²) >= 11 is 29.9. The van der Waals surface area contributed by atoms with Gasteiger partial charge in [0.05, 0.1) is 56.4 Å². The minimum absolute atomic E-state index is 0.0596. The van der Waals surface area contributed by atoms with E-state index in [2.05, 4.69) is 142 Å². The first-order chi connectivity index (χ1) is 65.0. The van der Waals surface area contributed by atoms with Crippen molar-refractivity contribution in [3.8, 4) is 56.9 Å². The Morgan fingerprint density at radius 2 is 0.681 bits per heavy atom. The van der Waals surface area contributed by atoms with Gasteiger partial charge in [0, 0.05) is 150 Å². The molecule has 0 aliphatic heterocycles. The minimum Gasteiger partial charge on any atom is -0.359 e. The number of rotatable bonds is 27. The Bertz CT molecular complexity index is 6930. The molecule has 138 heavy (non-hydrogen) atoms. The number of amides is 5. The van der Waals surface area contributed by atoms with Crippen molar-refractivity contribution in [1.82, 2.24) is 125 Å². The van der Waals surface area contributed by atoms with Gasteiger partial charge in [-0.2, -0.15) is 26.3 Å². The number of H-pyrrole nitrogens is 5. The Labute approximate surface area is 798 Å². The largest absolute Gasteiger partial charge is 0.406 e. The van der Waals surface area contributed by atoms with Gasteiger partial charge >= 0.3 is 12.4 Å². The molecule has 0 aromatic carbocycles. The first-order valence-electron chi connectivity index (χ1n) is 40.8. The second-order valence-corrected chi connectivity index (χ2v) is 33.8. The number of hydrogen-bond donors (Lipinski definition) is 13. The van der Waals surface area contributed by atoms with E-state index in [1.165, 1.54) is 84.8 Å². The van der Waals surface area contributed by atoms with Crippen LogP contribution in [0.4, 0.5) is 86.2 Å². The van der Waals surface area contributed by atoms with Crippen molar-refractivity contribution in [3.05, 3.63) is 178 Å². The predicted molar refractivity (Wildman–Crippen MR) is 494 cm³/mol. The average Bonchev–Trinajstić information content (AvgIpc) is 1.64. The van der Waals surface area contributed by atoms with Crippen LogP contribution >= 0.6 is 58.0 Å². The van der Waals surface area contributed by atoms with Gasteiger partial charge in [-0.15, -0.1) is 0 Å². The van der Waals surface area contributed by atoms with E-state index in [1.807, 2.05) is 6.92 Å². The molecule has 728 valence electrons. The molecule has 2 atom stereocenters. The number of carbonyl (C=O) groups is 5. The van der Waals surface area contributed by atoms with E-state index in [4.69, 9.17) is 58.0 Å². The van der Waals surface area contributed by atoms with Crippen LogP contribution < -0.4 is 42.5 Å². The molecule has 53 heteroatoms. The molecule has 0 bridgehead atoms. The lowest BCUT2D eigenvalue weighted by Crippen LogP contribution is -2.49. The molecule has 0 fully saturated rings. The molecule has 0 aliphatic rings. The number of anilines is 5. The highest BCUT2D eigenvalue weighted by molar-refractivity contribution is 6.33. The number of carbonyl (C=O) groups excluding carboxylic acids is 5. The predicted octanol–water partition coefficient (Wildman–Crippen LogP) is 16.7. The molecule has 0 radical (unpaired) electrons. The second kappa shape index (κ2) is 44.3. The van der Waals surface area contributed by atoms with Crippen LogP contribution in [0, 0.1) is 23.3 Å². The normalized spacial score (nSPS) is 12.1. The quantitative estimate of drug-likeness (QED) is 0.0213. The lowest BCUT2D eigenvalue weighted by Gasteiger charge is -2.26. The maximum atomic E-state index is 14.2. The summed E-state index contributed by atoms with van der Waals surface area (Å²) in [4.78, 5) is 139. The van der Waals surface area contributed by atoms with Gasteiger partial charge in [0.25, 0.3) is 6.43 Å². The zero-order chi connectivity index (χ0) is 101. The molecule has 15 rings (SSSR count). The van der Waals surface area contributed by atoms with Crippen molar-refractivity contribution in [2.24, 2.45) is 0 Å². The van der Waals surface area contributed by atoms with Gasteiger partial charge in [-0.05, 0) is 98.7 Å². The van der Waals surface area contributed by atoms with Crippen LogP contribution in [-0.4, -0.2) is 240 Å². The number of likely N-dealkylation sites (N-methyl/N-ethyl adjacent to an activating group) is 3. The molecule has 15 aromatic heterocycles. The highest BCUT2D eigenvalue weighted by Crippen LogP contribution is 2.36. The summed E-state index contributed by atoms with van der Waals surface area (Å²) in [6.07, 6.45) is 9.36. The molecule has 0 spiro atoms.